The maximum Gasteiger partial charge on any atom is 0.256 e. The van der Waals surface area contributed by atoms with Crippen molar-refractivity contribution in [2.45, 2.75) is 38.0 Å². The van der Waals surface area contributed by atoms with Crippen LogP contribution in [0.3, 0.4) is 0 Å². The Morgan fingerprint density at radius 3 is 2.50 bits per heavy atom. The highest BCUT2D eigenvalue weighted by Crippen LogP contribution is 2.28. The maximum absolute atomic E-state index is 12.6. The van der Waals surface area contributed by atoms with Gasteiger partial charge in [-0.05, 0) is 41.9 Å². The highest BCUT2D eigenvalue weighted by Gasteiger charge is 2.14. The molecule has 0 unspecified atom stereocenters. The van der Waals surface area contributed by atoms with E-state index in [4.69, 9.17) is 0 Å². The zero-order valence-corrected chi connectivity index (χ0v) is 14.2. The second-order valence-corrected chi connectivity index (χ2v) is 6.59. The first-order valence-corrected chi connectivity index (χ1v) is 8.78. The second-order valence-electron chi connectivity index (χ2n) is 5.28. The Morgan fingerprint density at radius 2 is 1.77 bits per heavy atom. The van der Waals surface area contributed by atoms with Gasteiger partial charge in [-0.2, -0.15) is 0 Å². The molecule has 3 heteroatoms. The van der Waals surface area contributed by atoms with Gasteiger partial charge in [-0.1, -0.05) is 51.1 Å². The average Bonchev–Trinajstić information content (AvgIpc) is 2.55. The first-order valence-electron chi connectivity index (χ1n) is 7.79. The molecule has 1 N–H and O–H groups in total. The van der Waals surface area contributed by atoms with Gasteiger partial charge in [0.2, 0.25) is 0 Å². The van der Waals surface area contributed by atoms with E-state index in [2.05, 4.69) is 32.2 Å². The summed E-state index contributed by atoms with van der Waals surface area (Å²) in [5, 5.41) is 3.09. The monoisotopic (exact) mass is 313 g/mol. The van der Waals surface area contributed by atoms with Crippen molar-refractivity contribution in [3.05, 3.63) is 59.7 Å². The Bertz CT molecular complexity index is 639. The van der Waals surface area contributed by atoms with Crippen molar-refractivity contribution >= 4 is 23.4 Å². The summed E-state index contributed by atoms with van der Waals surface area (Å²) in [4.78, 5) is 13.7. The Balaban J connectivity index is 2.27. The summed E-state index contributed by atoms with van der Waals surface area (Å²) in [7, 11) is 0. The summed E-state index contributed by atoms with van der Waals surface area (Å²) in [6, 6.07) is 15.8. The smallest absolute Gasteiger partial charge is 0.256 e. The van der Waals surface area contributed by atoms with E-state index >= 15 is 0 Å². The van der Waals surface area contributed by atoms with Crippen LogP contribution in [-0.2, 0) is 0 Å². The number of hydrogen-bond donors (Lipinski definition) is 1. The Morgan fingerprint density at radius 1 is 1.09 bits per heavy atom. The van der Waals surface area contributed by atoms with Gasteiger partial charge in [0.25, 0.3) is 5.91 Å². The number of thioether (sulfide) groups is 1. The van der Waals surface area contributed by atoms with Crippen molar-refractivity contribution in [3.63, 3.8) is 0 Å². The van der Waals surface area contributed by atoms with Crippen molar-refractivity contribution in [2.24, 2.45) is 0 Å². The van der Waals surface area contributed by atoms with Crippen LogP contribution in [0.25, 0.3) is 0 Å². The Labute approximate surface area is 137 Å². The zero-order chi connectivity index (χ0) is 15.9. The van der Waals surface area contributed by atoms with Crippen LogP contribution in [0.1, 0.15) is 49.0 Å². The summed E-state index contributed by atoms with van der Waals surface area (Å²) < 4.78 is 0. The fraction of sp³-hybridized carbons (Fsp3) is 0.316. The molecule has 0 saturated carbocycles. The first kappa shape index (κ1) is 16.6. The molecule has 0 aliphatic carbocycles. The van der Waals surface area contributed by atoms with E-state index in [1.54, 1.807) is 11.8 Å². The third kappa shape index (κ3) is 3.92. The molecule has 0 bridgehead atoms. The van der Waals surface area contributed by atoms with Crippen molar-refractivity contribution in [1.29, 1.82) is 0 Å². The molecule has 2 aromatic carbocycles. The van der Waals surface area contributed by atoms with Crippen LogP contribution < -0.4 is 5.32 Å². The van der Waals surface area contributed by atoms with Crippen LogP contribution in [0, 0.1) is 0 Å². The van der Waals surface area contributed by atoms with E-state index in [1.807, 2.05) is 42.5 Å². The van der Waals surface area contributed by atoms with Gasteiger partial charge in [0.15, 0.2) is 0 Å². The van der Waals surface area contributed by atoms with Crippen LogP contribution >= 0.6 is 11.8 Å². The van der Waals surface area contributed by atoms with Crippen LogP contribution in [0.2, 0.25) is 0 Å². The van der Waals surface area contributed by atoms with E-state index in [0.717, 1.165) is 28.3 Å². The molecule has 0 fully saturated rings. The van der Waals surface area contributed by atoms with Crippen LogP contribution in [0.4, 0.5) is 5.69 Å². The first-order chi connectivity index (χ1) is 10.7. The third-order valence-electron chi connectivity index (χ3n) is 3.78. The number of anilines is 1. The van der Waals surface area contributed by atoms with Crippen molar-refractivity contribution in [3.8, 4) is 0 Å². The van der Waals surface area contributed by atoms with Gasteiger partial charge < -0.3 is 5.32 Å². The number of benzene rings is 2. The SMILES string of the molecule is CCSc1ccccc1C(=O)Nc1ccccc1[C@@H](C)CC. The largest absolute Gasteiger partial charge is 0.322 e. The number of nitrogens with one attached hydrogen (secondary N) is 1. The summed E-state index contributed by atoms with van der Waals surface area (Å²) in [5.74, 6) is 1.34. The molecule has 116 valence electrons. The van der Waals surface area contributed by atoms with Gasteiger partial charge in [0.1, 0.15) is 0 Å². The average molecular weight is 313 g/mol. The van der Waals surface area contributed by atoms with Crippen molar-refractivity contribution in [2.75, 3.05) is 11.1 Å². The lowest BCUT2D eigenvalue weighted by atomic mass is 9.97. The summed E-state index contributed by atoms with van der Waals surface area (Å²) in [6.45, 7) is 6.44. The standard InChI is InChI=1S/C19H23NOS/c1-4-14(3)15-10-6-8-12-17(15)20-19(21)16-11-7-9-13-18(16)22-5-2/h6-14H,4-5H2,1-3H3,(H,20,21)/t14-/m0/s1. The van der Waals surface area contributed by atoms with Gasteiger partial charge in [-0.15, -0.1) is 11.8 Å². The number of rotatable bonds is 6. The maximum atomic E-state index is 12.6. The normalized spacial score (nSPS) is 12.0. The molecule has 2 nitrogen and oxygen atoms in total. The molecule has 0 radical (unpaired) electrons. The van der Waals surface area contributed by atoms with Gasteiger partial charge in [-0.3, -0.25) is 4.79 Å². The van der Waals surface area contributed by atoms with Crippen LogP contribution in [0.5, 0.6) is 0 Å². The second kappa shape index (κ2) is 8.04. The summed E-state index contributed by atoms with van der Waals surface area (Å²) in [6.07, 6.45) is 1.05. The predicted octanol–water partition coefficient (Wildman–Crippen LogP) is 5.56. The van der Waals surface area contributed by atoms with Gasteiger partial charge in [0.05, 0.1) is 5.56 Å². The number of hydrogen-bond acceptors (Lipinski definition) is 2. The molecule has 0 aromatic heterocycles. The van der Waals surface area contributed by atoms with E-state index in [1.165, 1.54) is 5.56 Å². The molecule has 0 aliphatic heterocycles. The Hall–Kier alpha value is -1.74. The molecule has 1 atom stereocenters. The fourth-order valence-electron chi connectivity index (χ4n) is 2.39. The minimum absolute atomic E-state index is 0.0349. The van der Waals surface area contributed by atoms with Crippen molar-refractivity contribution < 1.29 is 4.79 Å². The van der Waals surface area contributed by atoms with E-state index in [-0.39, 0.29) is 5.91 Å². The lowest BCUT2D eigenvalue weighted by Gasteiger charge is -2.16. The van der Waals surface area contributed by atoms with E-state index < -0.39 is 0 Å². The summed E-state index contributed by atoms with van der Waals surface area (Å²) in [5.41, 5.74) is 2.85. The zero-order valence-electron chi connectivity index (χ0n) is 13.4. The molecule has 2 aromatic rings. The van der Waals surface area contributed by atoms with Gasteiger partial charge in [0, 0.05) is 10.6 Å². The van der Waals surface area contributed by atoms with Gasteiger partial charge in [-0.25, -0.2) is 0 Å². The highest BCUT2D eigenvalue weighted by atomic mass is 32.2. The molecule has 22 heavy (non-hydrogen) atoms. The lowest BCUT2D eigenvalue weighted by Crippen LogP contribution is -2.14. The highest BCUT2D eigenvalue weighted by molar-refractivity contribution is 7.99. The number of carbonyl (C=O) groups is 1. The molecule has 0 heterocycles. The number of amides is 1. The lowest BCUT2D eigenvalue weighted by molar-refractivity contribution is 0.102. The summed E-state index contributed by atoms with van der Waals surface area (Å²) >= 11 is 1.69. The third-order valence-corrected chi connectivity index (χ3v) is 4.74. The van der Waals surface area contributed by atoms with Crippen molar-refractivity contribution in [1.82, 2.24) is 0 Å². The van der Waals surface area contributed by atoms with Gasteiger partial charge >= 0.3 is 0 Å². The van der Waals surface area contributed by atoms with E-state index in [0.29, 0.717) is 5.92 Å². The van der Waals surface area contributed by atoms with Crippen LogP contribution in [-0.4, -0.2) is 11.7 Å². The molecular formula is C19H23NOS. The molecular weight excluding hydrogens is 290 g/mol. The van der Waals surface area contributed by atoms with E-state index in [9.17, 15) is 4.79 Å². The molecule has 0 aliphatic rings. The molecule has 0 spiro atoms. The molecule has 0 saturated heterocycles. The van der Waals surface area contributed by atoms with Crippen LogP contribution in [0.15, 0.2) is 53.4 Å². The number of para-hydroxylation sites is 1. The Kier molecular flexibility index (Phi) is 6.08. The topological polar surface area (TPSA) is 29.1 Å². The molecule has 2 rings (SSSR count). The fourth-order valence-corrected chi connectivity index (χ4v) is 3.19. The number of carbonyl (C=O) groups excluding carboxylic acids is 1. The molecule has 1 amide bonds. The predicted molar refractivity (Wildman–Crippen MR) is 95.9 cm³/mol. The minimum Gasteiger partial charge on any atom is -0.322 e. The quantitative estimate of drug-likeness (QED) is 0.707. The minimum atomic E-state index is -0.0349.